The van der Waals surface area contributed by atoms with E-state index in [4.69, 9.17) is 4.74 Å². The number of hydrogen-bond acceptors (Lipinski definition) is 3. The summed E-state index contributed by atoms with van der Waals surface area (Å²) in [5, 5.41) is 3.06. The molecule has 0 fully saturated rings. The van der Waals surface area contributed by atoms with Crippen LogP contribution in [-0.4, -0.2) is 18.1 Å². The van der Waals surface area contributed by atoms with Gasteiger partial charge in [0.1, 0.15) is 5.75 Å². The lowest BCUT2D eigenvalue weighted by atomic mass is 10.3. The van der Waals surface area contributed by atoms with Gasteiger partial charge in [0.2, 0.25) is 0 Å². The quantitative estimate of drug-likeness (QED) is 0.778. The first-order chi connectivity index (χ1) is 6.76. The van der Waals surface area contributed by atoms with E-state index < -0.39 is 0 Å². The molecular weight excluding hydrogens is 176 g/mol. The summed E-state index contributed by atoms with van der Waals surface area (Å²) in [4.78, 5) is 4.22. The van der Waals surface area contributed by atoms with Crippen LogP contribution >= 0.6 is 0 Å². The summed E-state index contributed by atoms with van der Waals surface area (Å²) in [5.41, 5.74) is 1.01. The Morgan fingerprint density at radius 2 is 2.36 bits per heavy atom. The van der Waals surface area contributed by atoms with Crippen molar-refractivity contribution in [3.8, 4) is 5.75 Å². The Hall–Kier alpha value is -1.09. The molecule has 3 heteroatoms. The van der Waals surface area contributed by atoms with Crippen molar-refractivity contribution < 1.29 is 4.74 Å². The van der Waals surface area contributed by atoms with E-state index in [-0.39, 0.29) is 6.10 Å². The fourth-order valence-corrected chi connectivity index (χ4v) is 1.12. The average Bonchev–Trinajstić information content (AvgIpc) is 2.19. The molecule has 0 saturated carbocycles. The molecular formula is C11H18N2O. The zero-order valence-corrected chi connectivity index (χ0v) is 9.08. The van der Waals surface area contributed by atoms with Gasteiger partial charge in [-0.1, -0.05) is 6.92 Å². The minimum Gasteiger partial charge on any atom is -0.491 e. The molecule has 1 atom stereocenters. The first-order valence-corrected chi connectivity index (χ1v) is 5.02. The zero-order chi connectivity index (χ0) is 10.4. The van der Waals surface area contributed by atoms with Crippen LogP contribution < -0.4 is 10.1 Å². The van der Waals surface area contributed by atoms with Crippen LogP contribution in [0.1, 0.15) is 26.0 Å². The molecule has 0 amide bonds. The van der Waals surface area contributed by atoms with Gasteiger partial charge in [0.25, 0.3) is 0 Å². The van der Waals surface area contributed by atoms with Gasteiger partial charge in [-0.2, -0.15) is 0 Å². The highest BCUT2D eigenvalue weighted by Gasteiger charge is 2.01. The maximum atomic E-state index is 5.68. The predicted molar refractivity (Wildman–Crippen MR) is 57.4 cm³/mol. The predicted octanol–water partition coefficient (Wildman–Crippen LogP) is 1.98. The van der Waals surface area contributed by atoms with Crippen molar-refractivity contribution in [1.82, 2.24) is 10.3 Å². The summed E-state index contributed by atoms with van der Waals surface area (Å²) in [6.07, 6.45) is 3.06. The summed E-state index contributed by atoms with van der Waals surface area (Å²) in [6, 6.07) is 3.87. The molecule has 0 aromatic carbocycles. The van der Waals surface area contributed by atoms with Crippen LogP contribution in [0.2, 0.25) is 0 Å². The molecule has 78 valence electrons. The summed E-state index contributed by atoms with van der Waals surface area (Å²) in [6.45, 7) is 4.95. The van der Waals surface area contributed by atoms with Crippen LogP contribution in [0.3, 0.4) is 0 Å². The lowest BCUT2D eigenvalue weighted by Crippen LogP contribution is -2.11. The van der Waals surface area contributed by atoms with E-state index in [1.54, 1.807) is 6.20 Å². The molecule has 1 aromatic rings. The number of aromatic nitrogens is 1. The Morgan fingerprint density at radius 3 is 3.00 bits per heavy atom. The molecule has 0 radical (unpaired) electrons. The summed E-state index contributed by atoms with van der Waals surface area (Å²) in [7, 11) is 1.91. The van der Waals surface area contributed by atoms with Crippen molar-refractivity contribution in [2.24, 2.45) is 0 Å². The fraction of sp³-hybridized carbons (Fsp3) is 0.545. The number of hydrogen-bond donors (Lipinski definition) is 1. The standard InChI is InChI=1S/C11H18N2O/c1-4-9(2)14-11-5-6-13-10(7-11)8-12-3/h5-7,9,12H,4,8H2,1-3H3. The Morgan fingerprint density at radius 1 is 1.57 bits per heavy atom. The van der Waals surface area contributed by atoms with Crippen LogP contribution in [0.5, 0.6) is 5.75 Å². The summed E-state index contributed by atoms with van der Waals surface area (Å²) < 4.78 is 5.68. The van der Waals surface area contributed by atoms with Crippen LogP contribution in [0.15, 0.2) is 18.3 Å². The molecule has 0 saturated heterocycles. The molecule has 1 unspecified atom stereocenters. The Bertz CT molecular complexity index is 276. The van der Waals surface area contributed by atoms with Crippen LogP contribution in [0.4, 0.5) is 0 Å². The Kier molecular flexibility index (Phi) is 4.40. The van der Waals surface area contributed by atoms with Gasteiger partial charge in [-0.3, -0.25) is 4.98 Å². The fourth-order valence-electron chi connectivity index (χ4n) is 1.12. The van der Waals surface area contributed by atoms with Crippen molar-refractivity contribution in [1.29, 1.82) is 0 Å². The van der Waals surface area contributed by atoms with Crippen molar-refractivity contribution in [3.05, 3.63) is 24.0 Å². The second kappa shape index (κ2) is 5.60. The van der Waals surface area contributed by atoms with Gasteiger partial charge in [0.15, 0.2) is 0 Å². The lowest BCUT2D eigenvalue weighted by Gasteiger charge is -2.12. The third-order valence-electron chi connectivity index (χ3n) is 2.06. The maximum Gasteiger partial charge on any atom is 0.123 e. The minimum absolute atomic E-state index is 0.264. The Labute approximate surface area is 85.5 Å². The number of nitrogens with one attached hydrogen (secondary N) is 1. The molecule has 0 aliphatic carbocycles. The van der Waals surface area contributed by atoms with Crippen LogP contribution in [-0.2, 0) is 6.54 Å². The van der Waals surface area contributed by atoms with E-state index >= 15 is 0 Å². The third-order valence-corrected chi connectivity index (χ3v) is 2.06. The van der Waals surface area contributed by atoms with Gasteiger partial charge >= 0.3 is 0 Å². The zero-order valence-electron chi connectivity index (χ0n) is 9.08. The highest BCUT2D eigenvalue weighted by atomic mass is 16.5. The molecule has 1 heterocycles. The molecule has 1 N–H and O–H groups in total. The van der Waals surface area contributed by atoms with Gasteiger partial charge in [-0.15, -0.1) is 0 Å². The second-order valence-electron chi connectivity index (χ2n) is 3.35. The molecule has 14 heavy (non-hydrogen) atoms. The van der Waals surface area contributed by atoms with E-state index in [9.17, 15) is 0 Å². The highest BCUT2D eigenvalue weighted by Crippen LogP contribution is 2.13. The van der Waals surface area contributed by atoms with Gasteiger partial charge in [0, 0.05) is 18.8 Å². The third kappa shape index (κ3) is 3.34. The van der Waals surface area contributed by atoms with Crippen molar-refractivity contribution in [3.63, 3.8) is 0 Å². The van der Waals surface area contributed by atoms with Crippen molar-refractivity contribution in [2.45, 2.75) is 32.9 Å². The highest BCUT2D eigenvalue weighted by molar-refractivity contribution is 5.22. The molecule has 1 rings (SSSR count). The van der Waals surface area contributed by atoms with Crippen LogP contribution in [0.25, 0.3) is 0 Å². The first-order valence-electron chi connectivity index (χ1n) is 5.02. The van der Waals surface area contributed by atoms with Crippen LogP contribution in [0, 0.1) is 0 Å². The normalized spacial score (nSPS) is 12.5. The minimum atomic E-state index is 0.264. The maximum absolute atomic E-state index is 5.68. The largest absolute Gasteiger partial charge is 0.491 e. The van der Waals surface area contributed by atoms with Crippen molar-refractivity contribution >= 4 is 0 Å². The number of ether oxygens (including phenoxy) is 1. The van der Waals surface area contributed by atoms with Gasteiger partial charge in [0.05, 0.1) is 11.8 Å². The topological polar surface area (TPSA) is 34.1 Å². The number of pyridine rings is 1. The summed E-state index contributed by atoms with van der Waals surface area (Å²) in [5.74, 6) is 0.902. The molecule has 1 aromatic heterocycles. The molecule has 3 nitrogen and oxygen atoms in total. The van der Waals surface area contributed by atoms with E-state index in [2.05, 4.69) is 24.1 Å². The molecule has 0 spiro atoms. The van der Waals surface area contributed by atoms with Crippen molar-refractivity contribution in [2.75, 3.05) is 7.05 Å². The molecule has 0 aliphatic rings. The molecule has 0 aliphatic heterocycles. The summed E-state index contributed by atoms with van der Waals surface area (Å²) >= 11 is 0. The number of nitrogens with zero attached hydrogens (tertiary/aromatic N) is 1. The van der Waals surface area contributed by atoms with E-state index in [0.29, 0.717) is 0 Å². The SMILES string of the molecule is CCC(C)Oc1ccnc(CNC)c1. The Balaban J connectivity index is 2.63. The van der Waals surface area contributed by atoms with Gasteiger partial charge < -0.3 is 10.1 Å². The smallest absolute Gasteiger partial charge is 0.123 e. The monoisotopic (exact) mass is 194 g/mol. The van der Waals surface area contributed by atoms with Gasteiger partial charge in [-0.05, 0) is 26.5 Å². The van der Waals surface area contributed by atoms with E-state index in [1.165, 1.54) is 0 Å². The molecule has 0 bridgehead atoms. The van der Waals surface area contributed by atoms with Gasteiger partial charge in [-0.25, -0.2) is 0 Å². The average molecular weight is 194 g/mol. The lowest BCUT2D eigenvalue weighted by molar-refractivity contribution is 0.217. The van der Waals surface area contributed by atoms with E-state index in [0.717, 1.165) is 24.4 Å². The first kappa shape index (κ1) is 11.0. The number of rotatable bonds is 5. The second-order valence-corrected chi connectivity index (χ2v) is 3.35. The van der Waals surface area contributed by atoms with E-state index in [1.807, 2.05) is 19.2 Å².